The van der Waals surface area contributed by atoms with Crippen LogP contribution in [0.15, 0.2) is 35.9 Å². The fourth-order valence-electron chi connectivity index (χ4n) is 2.35. The second-order valence-electron chi connectivity index (χ2n) is 5.88. The van der Waals surface area contributed by atoms with Crippen LogP contribution in [0.3, 0.4) is 0 Å². The Morgan fingerprint density at radius 3 is 2.28 bits per heavy atom. The minimum Gasteiger partial charge on any atom is -0.367 e. The van der Waals surface area contributed by atoms with Crippen LogP contribution >= 0.6 is 0 Å². The average Bonchev–Trinajstić information content (AvgIpc) is 2.38. The first-order valence-electron chi connectivity index (χ1n) is 6.50. The summed E-state index contributed by atoms with van der Waals surface area (Å²) in [7, 11) is 0. The molecule has 2 nitrogen and oxygen atoms in total. The minimum atomic E-state index is 0.285. The van der Waals surface area contributed by atoms with Crippen LogP contribution in [-0.4, -0.2) is 19.4 Å². The third kappa shape index (κ3) is 2.81. The molecule has 1 aromatic carbocycles. The van der Waals surface area contributed by atoms with E-state index in [1.807, 2.05) is 24.3 Å². The van der Waals surface area contributed by atoms with E-state index in [2.05, 4.69) is 31.7 Å². The zero-order chi connectivity index (χ0) is 13.2. The van der Waals surface area contributed by atoms with Crippen LogP contribution in [0.4, 0.5) is 5.69 Å². The molecule has 0 radical (unpaired) electrons. The molecule has 96 valence electrons. The Hall–Kier alpha value is -1.57. The van der Waals surface area contributed by atoms with E-state index in [-0.39, 0.29) is 5.41 Å². The topological polar surface area (TPSA) is 20.3 Å². The molecule has 18 heavy (non-hydrogen) atoms. The van der Waals surface area contributed by atoms with Crippen LogP contribution in [0.25, 0.3) is 0 Å². The van der Waals surface area contributed by atoms with Crippen LogP contribution in [-0.2, 0) is 0 Å². The highest BCUT2D eigenvalue weighted by Crippen LogP contribution is 2.31. The van der Waals surface area contributed by atoms with Crippen LogP contribution in [0.2, 0.25) is 0 Å². The lowest BCUT2D eigenvalue weighted by molar-refractivity contribution is 0.112. The van der Waals surface area contributed by atoms with E-state index in [9.17, 15) is 4.79 Å². The first kappa shape index (κ1) is 12.9. The Balaban J connectivity index is 2.09. The summed E-state index contributed by atoms with van der Waals surface area (Å²) < 4.78 is 0. The Kier molecular flexibility index (Phi) is 3.55. The lowest BCUT2D eigenvalue weighted by Crippen LogP contribution is -2.31. The van der Waals surface area contributed by atoms with Crippen LogP contribution in [0, 0.1) is 5.41 Å². The van der Waals surface area contributed by atoms with Gasteiger partial charge in [-0.2, -0.15) is 0 Å². The molecule has 0 atom stereocenters. The standard InChI is InChI=1S/C16H21NO/c1-16(2,3)14-8-10-17(11-9-14)15-6-4-13(12-18)5-7-15/h4-8,12H,9-11H2,1-3H3. The number of anilines is 1. The third-order valence-electron chi connectivity index (χ3n) is 3.57. The van der Waals surface area contributed by atoms with Gasteiger partial charge in [-0.15, -0.1) is 0 Å². The van der Waals surface area contributed by atoms with Crippen molar-refractivity contribution in [2.45, 2.75) is 27.2 Å². The smallest absolute Gasteiger partial charge is 0.150 e. The molecule has 0 spiro atoms. The van der Waals surface area contributed by atoms with Crippen molar-refractivity contribution < 1.29 is 4.79 Å². The van der Waals surface area contributed by atoms with Crippen molar-refractivity contribution in [1.82, 2.24) is 0 Å². The molecule has 0 fully saturated rings. The van der Waals surface area contributed by atoms with E-state index < -0.39 is 0 Å². The number of carbonyl (C=O) groups is 1. The number of carbonyl (C=O) groups excluding carboxylic acids is 1. The Morgan fingerprint density at radius 2 is 1.83 bits per heavy atom. The molecular formula is C16H21NO. The zero-order valence-electron chi connectivity index (χ0n) is 11.4. The molecular weight excluding hydrogens is 222 g/mol. The molecule has 0 aliphatic carbocycles. The van der Waals surface area contributed by atoms with Crippen molar-refractivity contribution in [3.8, 4) is 0 Å². The number of hydrogen-bond donors (Lipinski definition) is 0. The molecule has 0 unspecified atom stereocenters. The van der Waals surface area contributed by atoms with E-state index in [1.54, 1.807) is 5.57 Å². The van der Waals surface area contributed by atoms with Crippen molar-refractivity contribution in [3.63, 3.8) is 0 Å². The fraction of sp³-hybridized carbons (Fsp3) is 0.438. The monoisotopic (exact) mass is 243 g/mol. The summed E-state index contributed by atoms with van der Waals surface area (Å²) in [5, 5.41) is 0. The van der Waals surface area contributed by atoms with Crippen LogP contribution in [0.5, 0.6) is 0 Å². The maximum Gasteiger partial charge on any atom is 0.150 e. The van der Waals surface area contributed by atoms with Gasteiger partial charge in [-0.1, -0.05) is 32.4 Å². The number of rotatable bonds is 2. The maximum atomic E-state index is 10.6. The number of hydrogen-bond acceptors (Lipinski definition) is 2. The van der Waals surface area contributed by atoms with Gasteiger partial charge in [-0.3, -0.25) is 4.79 Å². The Morgan fingerprint density at radius 1 is 1.17 bits per heavy atom. The Bertz CT molecular complexity index is 451. The molecule has 1 aliphatic rings. The molecule has 1 aliphatic heterocycles. The molecule has 1 aromatic rings. The predicted octanol–water partition coefficient (Wildman–Crippen LogP) is 3.68. The first-order valence-corrected chi connectivity index (χ1v) is 6.50. The van der Waals surface area contributed by atoms with Gasteiger partial charge in [0.05, 0.1) is 0 Å². The van der Waals surface area contributed by atoms with E-state index >= 15 is 0 Å². The second-order valence-corrected chi connectivity index (χ2v) is 5.88. The summed E-state index contributed by atoms with van der Waals surface area (Å²) >= 11 is 0. The van der Waals surface area contributed by atoms with E-state index in [1.165, 1.54) is 5.69 Å². The van der Waals surface area contributed by atoms with E-state index in [0.29, 0.717) is 0 Å². The summed E-state index contributed by atoms with van der Waals surface area (Å²) in [6.07, 6.45) is 4.35. The highest BCUT2D eigenvalue weighted by atomic mass is 16.1. The van der Waals surface area contributed by atoms with Gasteiger partial charge in [-0.05, 0) is 36.1 Å². The molecule has 0 N–H and O–H groups in total. The lowest BCUT2D eigenvalue weighted by atomic mass is 9.83. The fourth-order valence-corrected chi connectivity index (χ4v) is 2.35. The highest BCUT2D eigenvalue weighted by Gasteiger charge is 2.21. The molecule has 0 saturated carbocycles. The molecule has 0 bridgehead atoms. The summed E-state index contributed by atoms with van der Waals surface area (Å²) in [6.45, 7) is 8.84. The van der Waals surface area contributed by atoms with Gasteiger partial charge in [0.15, 0.2) is 0 Å². The molecule has 1 heterocycles. The van der Waals surface area contributed by atoms with Gasteiger partial charge in [0.1, 0.15) is 6.29 Å². The quantitative estimate of drug-likeness (QED) is 0.583. The molecule has 2 heteroatoms. The van der Waals surface area contributed by atoms with Crippen molar-refractivity contribution in [2.24, 2.45) is 5.41 Å². The van der Waals surface area contributed by atoms with Gasteiger partial charge in [-0.25, -0.2) is 0 Å². The molecule has 0 saturated heterocycles. The SMILES string of the molecule is CC(C)(C)C1=CCN(c2ccc(C=O)cc2)CC1. The molecule has 0 amide bonds. The van der Waals surface area contributed by atoms with E-state index in [0.717, 1.165) is 31.4 Å². The first-order chi connectivity index (χ1) is 8.50. The van der Waals surface area contributed by atoms with Crippen molar-refractivity contribution in [1.29, 1.82) is 0 Å². The normalized spacial score (nSPS) is 16.4. The number of benzene rings is 1. The minimum absolute atomic E-state index is 0.285. The van der Waals surface area contributed by atoms with Gasteiger partial charge < -0.3 is 4.90 Å². The maximum absolute atomic E-state index is 10.6. The number of nitrogens with zero attached hydrogens (tertiary/aromatic N) is 1. The third-order valence-corrected chi connectivity index (χ3v) is 3.57. The van der Waals surface area contributed by atoms with Crippen molar-refractivity contribution in [2.75, 3.05) is 18.0 Å². The highest BCUT2D eigenvalue weighted by molar-refractivity contribution is 5.75. The second kappa shape index (κ2) is 4.97. The predicted molar refractivity (Wildman–Crippen MR) is 76.2 cm³/mol. The summed E-state index contributed by atoms with van der Waals surface area (Å²) in [4.78, 5) is 13.0. The summed E-state index contributed by atoms with van der Waals surface area (Å²) in [5.41, 5.74) is 3.77. The van der Waals surface area contributed by atoms with E-state index in [4.69, 9.17) is 0 Å². The summed E-state index contributed by atoms with van der Waals surface area (Å²) in [6, 6.07) is 7.82. The largest absolute Gasteiger partial charge is 0.367 e. The van der Waals surface area contributed by atoms with Crippen molar-refractivity contribution in [3.05, 3.63) is 41.5 Å². The lowest BCUT2D eigenvalue weighted by Gasteiger charge is -2.33. The Labute approximate surface area is 109 Å². The zero-order valence-corrected chi connectivity index (χ0v) is 11.4. The molecule has 2 rings (SSSR count). The van der Waals surface area contributed by atoms with Gasteiger partial charge >= 0.3 is 0 Å². The van der Waals surface area contributed by atoms with Gasteiger partial charge in [0, 0.05) is 24.3 Å². The van der Waals surface area contributed by atoms with Crippen molar-refractivity contribution >= 4 is 12.0 Å². The van der Waals surface area contributed by atoms with Crippen LogP contribution in [0.1, 0.15) is 37.6 Å². The summed E-state index contributed by atoms with van der Waals surface area (Å²) in [5.74, 6) is 0. The van der Waals surface area contributed by atoms with Crippen LogP contribution < -0.4 is 4.90 Å². The molecule has 0 aromatic heterocycles. The average molecular weight is 243 g/mol. The van der Waals surface area contributed by atoms with Gasteiger partial charge in [0.2, 0.25) is 0 Å². The number of aldehydes is 1. The van der Waals surface area contributed by atoms with Gasteiger partial charge in [0.25, 0.3) is 0 Å².